The fourth-order valence-corrected chi connectivity index (χ4v) is 4.59. The highest BCUT2D eigenvalue weighted by Gasteiger charge is 2.21. The standard InChI is InChI=1S/C20H16ClN5O2S/c21-14-8-12-10-27-9-11-2-1-3-13(16(11)12)17(14)18-24-19(22)26-20(25-18)29-7-4-15-23-5-6-28-15/h1-3,5-6,8H,4,7,9-10H2,(H2,22,24,25,26). The minimum Gasteiger partial charge on any atom is -0.449 e. The Labute approximate surface area is 175 Å². The molecule has 2 N–H and O–H groups in total. The third kappa shape index (κ3) is 3.55. The number of nitrogens with zero attached hydrogens (tertiary/aromatic N) is 4. The van der Waals surface area contributed by atoms with Crippen LogP contribution in [0.25, 0.3) is 22.2 Å². The maximum Gasteiger partial charge on any atom is 0.224 e. The largest absolute Gasteiger partial charge is 0.449 e. The number of halogens is 1. The molecule has 0 aliphatic carbocycles. The van der Waals surface area contributed by atoms with Crippen LogP contribution in [0.2, 0.25) is 5.02 Å². The molecule has 0 spiro atoms. The summed E-state index contributed by atoms with van der Waals surface area (Å²) in [5.41, 5.74) is 8.94. The molecule has 0 saturated carbocycles. The van der Waals surface area contributed by atoms with E-state index in [1.165, 1.54) is 11.8 Å². The van der Waals surface area contributed by atoms with Gasteiger partial charge in [0.25, 0.3) is 0 Å². The zero-order valence-electron chi connectivity index (χ0n) is 15.3. The number of nitrogen functional groups attached to an aromatic ring is 1. The molecule has 0 unspecified atom stereocenters. The van der Waals surface area contributed by atoms with Crippen molar-refractivity contribution in [2.75, 3.05) is 11.5 Å². The van der Waals surface area contributed by atoms with E-state index in [2.05, 4.69) is 26.0 Å². The van der Waals surface area contributed by atoms with Gasteiger partial charge in [-0.3, -0.25) is 0 Å². The van der Waals surface area contributed by atoms with E-state index in [1.54, 1.807) is 12.5 Å². The molecule has 1 aliphatic heterocycles. The topological polar surface area (TPSA) is 100.0 Å². The lowest BCUT2D eigenvalue weighted by molar-refractivity contribution is 0.103. The minimum absolute atomic E-state index is 0.161. The summed E-state index contributed by atoms with van der Waals surface area (Å²) in [6.07, 6.45) is 3.86. The summed E-state index contributed by atoms with van der Waals surface area (Å²) in [5.74, 6) is 2.01. The lowest BCUT2D eigenvalue weighted by Gasteiger charge is -2.20. The first-order valence-corrected chi connectivity index (χ1v) is 10.4. The van der Waals surface area contributed by atoms with Crippen LogP contribution in [0.1, 0.15) is 17.0 Å². The van der Waals surface area contributed by atoms with Gasteiger partial charge in [0.2, 0.25) is 5.95 Å². The molecule has 0 radical (unpaired) electrons. The summed E-state index contributed by atoms with van der Waals surface area (Å²) in [6, 6.07) is 8.02. The van der Waals surface area contributed by atoms with Crippen LogP contribution < -0.4 is 5.73 Å². The summed E-state index contributed by atoms with van der Waals surface area (Å²) in [7, 11) is 0. The van der Waals surface area contributed by atoms with Crippen molar-refractivity contribution < 1.29 is 9.15 Å². The summed E-state index contributed by atoms with van der Waals surface area (Å²) in [6.45, 7) is 1.11. The molecule has 0 amide bonds. The second kappa shape index (κ2) is 7.62. The van der Waals surface area contributed by atoms with Gasteiger partial charge in [0.15, 0.2) is 16.9 Å². The number of nitrogens with two attached hydrogens (primary N) is 1. The zero-order valence-corrected chi connectivity index (χ0v) is 16.8. The predicted octanol–water partition coefficient (Wildman–Crippen LogP) is 4.28. The number of rotatable bonds is 5. The van der Waals surface area contributed by atoms with E-state index >= 15 is 0 Å². The number of aromatic nitrogens is 4. The van der Waals surface area contributed by atoms with Crippen molar-refractivity contribution in [3.8, 4) is 11.4 Å². The molecule has 2 aromatic carbocycles. The molecule has 3 heterocycles. The number of ether oxygens (including phenoxy) is 1. The van der Waals surface area contributed by atoms with Gasteiger partial charge in [0, 0.05) is 17.7 Å². The molecule has 4 aromatic rings. The maximum absolute atomic E-state index is 6.65. The maximum atomic E-state index is 6.65. The van der Waals surface area contributed by atoms with Crippen LogP contribution in [0, 0.1) is 0 Å². The summed E-state index contributed by atoms with van der Waals surface area (Å²) >= 11 is 8.12. The van der Waals surface area contributed by atoms with Gasteiger partial charge in [-0.05, 0) is 28.0 Å². The molecule has 29 heavy (non-hydrogen) atoms. The van der Waals surface area contributed by atoms with Crippen molar-refractivity contribution in [2.24, 2.45) is 0 Å². The first-order chi connectivity index (χ1) is 14.2. The van der Waals surface area contributed by atoms with Gasteiger partial charge in [-0.25, -0.2) is 9.97 Å². The molecule has 0 bridgehead atoms. The summed E-state index contributed by atoms with van der Waals surface area (Å²) < 4.78 is 10.9. The SMILES string of the molecule is Nc1nc(SCCc2ncco2)nc(-c2c(Cl)cc3c4c(cccc24)COC3)n1. The zero-order chi connectivity index (χ0) is 19.8. The predicted molar refractivity (Wildman–Crippen MR) is 112 cm³/mol. The van der Waals surface area contributed by atoms with E-state index < -0.39 is 0 Å². The van der Waals surface area contributed by atoms with Gasteiger partial charge in [-0.1, -0.05) is 41.6 Å². The average Bonchev–Trinajstić information content (AvgIpc) is 3.21. The van der Waals surface area contributed by atoms with Crippen LogP contribution in [0.15, 0.2) is 46.3 Å². The Hall–Kier alpha value is -2.68. The monoisotopic (exact) mass is 425 g/mol. The van der Waals surface area contributed by atoms with E-state index in [1.807, 2.05) is 18.2 Å². The van der Waals surface area contributed by atoms with Crippen molar-refractivity contribution in [2.45, 2.75) is 24.8 Å². The molecule has 5 rings (SSSR count). The second-order valence-corrected chi connectivity index (χ2v) is 8.02. The number of benzene rings is 2. The van der Waals surface area contributed by atoms with Crippen LogP contribution in [-0.4, -0.2) is 25.7 Å². The van der Waals surface area contributed by atoms with Crippen molar-refractivity contribution in [3.05, 3.63) is 58.8 Å². The van der Waals surface area contributed by atoms with Gasteiger partial charge < -0.3 is 14.9 Å². The molecule has 1 aliphatic rings. The third-order valence-electron chi connectivity index (χ3n) is 4.68. The molecular weight excluding hydrogens is 410 g/mol. The highest BCUT2D eigenvalue weighted by molar-refractivity contribution is 7.99. The van der Waals surface area contributed by atoms with Crippen LogP contribution in [-0.2, 0) is 24.4 Å². The van der Waals surface area contributed by atoms with Crippen LogP contribution in [0.5, 0.6) is 0 Å². The highest BCUT2D eigenvalue weighted by atomic mass is 35.5. The van der Waals surface area contributed by atoms with E-state index in [9.17, 15) is 0 Å². The van der Waals surface area contributed by atoms with Crippen LogP contribution in [0.3, 0.4) is 0 Å². The molecule has 9 heteroatoms. The van der Waals surface area contributed by atoms with Crippen molar-refractivity contribution in [3.63, 3.8) is 0 Å². The van der Waals surface area contributed by atoms with Crippen LogP contribution in [0.4, 0.5) is 5.95 Å². The second-order valence-electron chi connectivity index (χ2n) is 6.55. The van der Waals surface area contributed by atoms with Gasteiger partial charge in [0.1, 0.15) is 6.26 Å². The Morgan fingerprint density at radius 3 is 2.90 bits per heavy atom. The van der Waals surface area contributed by atoms with Gasteiger partial charge >= 0.3 is 0 Å². The number of thioether (sulfide) groups is 1. The fourth-order valence-electron chi connectivity index (χ4n) is 3.50. The Bertz CT molecular complexity index is 1200. The number of anilines is 1. The third-order valence-corrected chi connectivity index (χ3v) is 5.83. The Morgan fingerprint density at radius 2 is 2.03 bits per heavy atom. The average molecular weight is 426 g/mol. The van der Waals surface area contributed by atoms with Crippen molar-refractivity contribution >= 4 is 40.1 Å². The first kappa shape index (κ1) is 18.4. The van der Waals surface area contributed by atoms with Gasteiger partial charge in [0.05, 0.1) is 24.4 Å². The normalized spacial score (nSPS) is 13.1. The van der Waals surface area contributed by atoms with Gasteiger partial charge in [-0.2, -0.15) is 9.97 Å². The number of hydrogen-bond acceptors (Lipinski definition) is 8. The first-order valence-electron chi connectivity index (χ1n) is 9.03. The Balaban J connectivity index is 1.54. The van der Waals surface area contributed by atoms with E-state index in [0.29, 0.717) is 47.3 Å². The molecule has 0 atom stereocenters. The van der Waals surface area contributed by atoms with E-state index in [-0.39, 0.29) is 5.95 Å². The Morgan fingerprint density at radius 1 is 1.14 bits per heavy atom. The van der Waals surface area contributed by atoms with Crippen molar-refractivity contribution in [1.82, 2.24) is 19.9 Å². The van der Waals surface area contributed by atoms with Gasteiger partial charge in [-0.15, -0.1) is 0 Å². The number of oxazole rings is 1. The number of aryl methyl sites for hydroxylation is 1. The minimum atomic E-state index is 0.161. The molecule has 2 aromatic heterocycles. The number of hydrogen-bond donors (Lipinski definition) is 1. The van der Waals surface area contributed by atoms with Crippen LogP contribution >= 0.6 is 23.4 Å². The van der Waals surface area contributed by atoms with Crippen molar-refractivity contribution in [1.29, 1.82) is 0 Å². The molecule has 146 valence electrons. The van der Waals surface area contributed by atoms with E-state index in [4.69, 9.17) is 26.5 Å². The quantitative estimate of drug-likeness (QED) is 0.473. The smallest absolute Gasteiger partial charge is 0.224 e. The lowest BCUT2D eigenvalue weighted by Crippen LogP contribution is -2.07. The van der Waals surface area contributed by atoms with E-state index in [0.717, 1.165) is 27.5 Å². The fraction of sp³-hybridized carbons (Fsp3) is 0.200. The molecule has 0 saturated heterocycles. The molecule has 0 fully saturated rings. The molecular formula is C20H16ClN5O2S. The Kier molecular flexibility index (Phi) is 4.83. The summed E-state index contributed by atoms with van der Waals surface area (Å²) in [4.78, 5) is 17.4. The lowest BCUT2D eigenvalue weighted by atomic mass is 9.94. The summed E-state index contributed by atoms with van der Waals surface area (Å²) in [5, 5.41) is 3.25. The highest BCUT2D eigenvalue weighted by Crippen LogP contribution is 2.39. The molecule has 7 nitrogen and oxygen atoms in total.